The summed E-state index contributed by atoms with van der Waals surface area (Å²) in [5.41, 5.74) is 2.64. The molecule has 1 nitrogen and oxygen atoms in total. The molecule has 0 fully saturated rings. The highest BCUT2D eigenvalue weighted by Gasteiger charge is 2.08. The summed E-state index contributed by atoms with van der Waals surface area (Å²) in [5, 5.41) is 0. The molecule has 1 atom stereocenters. The second kappa shape index (κ2) is 2.34. The van der Waals surface area contributed by atoms with Gasteiger partial charge in [-0.2, -0.15) is 0 Å². The predicted molar refractivity (Wildman–Crippen MR) is 40.6 cm³/mol. The van der Waals surface area contributed by atoms with E-state index in [1.807, 2.05) is 6.21 Å². The normalized spacial score (nSPS) is 27.2. The highest BCUT2D eigenvalue weighted by atomic mass is 14.7. The summed E-state index contributed by atoms with van der Waals surface area (Å²) in [4.78, 5) is 4.22. The van der Waals surface area contributed by atoms with Gasteiger partial charge in [-0.25, -0.2) is 0 Å². The molecule has 50 valence electrons. The van der Waals surface area contributed by atoms with Gasteiger partial charge >= 0.3 is 0 Å². The third-order valence-electron chi connectivity index (χ3n) is 2.05. The van der Waals surface area contributed by atoms with Gasteiger partial charge in [-0.1, -0.05) is 6.92 Å². The van der Waals surface area contributed by atoms with E-state index in [4.69, 9.17) is 0 Å². The largest absolute Gasteiger partial charge is 0.266 e. The van der Waals surface area contributed by atoms with E-state index in [1.54, 1.807) is 0 Å². The molecule has 0 saturated carbocycles. The molecule has 0 bridgehead atoms. The van der Waals surface area contributed by atoms with Crippen LogP contribution < -0.4 is 0 Å². The first kappa shape index (κ1) is 6.53. The molecule has 1 aliphatic rings. The Labute approximate surface area is 56.5 Å². The van der Waals surface area contributed by atoms with Crippen LogP contribution in [0, 0.1) is 5.92 Å². The quantitative estimate of drug-likeness (QED) is 0.469. The van der Waals surface area contributed by atoms with Gasteiger partial charge in [-0.3, -0.25) is 4.99 Å². The lowest BCUT2D eigenvalue weighted by Gasteiger charge is -2.14. The Hall–Kier alpha value is -0.590. The number of hydrogen-bond donors (Lipinski definition) is 0. The molecule has 0 aromatic heterocycles. The third-order valence-corrected chi connectivity index (χ3v) is 2.05. The maximum absolute atomic E-state index is 4.22. The van der Waals surface area contributed by atoms with Gasteiger partial charge in [-0.15, -0.1) is 0 Å². The summed E-state index contributed by atoms with van der Waals surface area (Å²) < 4.78 is 0. The molecule has 0 aromatic rings. The van der Waals surface area contributed by atoms with Crippen LogP contribution in [0.5, 0.6) is 0 Å². The van der Waals surface area contributed by atoms with E-state index in [9.17, 15) is 0 Å². The number of nitrogens with zero attached hydrogens (tertiary/aromatic N) is 1. The third kappa shape index (κ3) is 1.21. The number of allylic oxidation sites excluding steroid dienone is 2. The van der Waals surface area contributed by atoms with Gasteiger partial charge in [0.05, 0.1) is 0 Å². The number of rotatable bonds is 0. The SMILES string of the molecule is CC1=C(C)C(C)CC=N1. The molecule has 0 spiro atoms. The molecule has 1 rings (SSSR count). The van der Waals surface area contributed by atoms with Crippen LogP contribution in [0.25, 0.3) is 0 Å². The van der Waals surface area contributed by atoms with Crippen LogP contribution in [0.1, 0.15) is 27.2 Å². The minimum Gasteiger partial charge on any atom is -0.266 e. The van der Waals surface area contributed by atoms with Crippen molar-refractivity contribution < 1.29 is 0 Å². The first-order valence-electron chi connectivity index (χ1n) is 3.41. The van der Waals surface area contributed by atoms with E-state index >= 15 is 0 Å². The summed E-state index contributed by atoms with van der Waals surface area (Å²) in [6.45, 7) is 6.47. The lowest BCUT2D eigenvalue weighted by molar-refractivity contribution is 0.697. The molecule has 1 heteroatoms. The molecular weight excluding hydrogens is 110 g/mol. The van der Waals surface area contributed by atoms with Crippen LogP contribution in [0.4, 0.5) is 0 Å². The van der Waals surface area contributed by atoms with Crippen LogP contribution in [0.15, 0.2) is 16.3 Å². The second-order valence-electron chi connectivity index (χ2n) is 2.72. The van der Waals surface area contributed by atoms with Crippen molar-refractivity contribution in [2.45, 2.75) is 27.2 Å². The molecule has 0 amide bonds. The highest BCUT2D eigenvalue weighted by Crippen LogP contribution is 2.21. The van der Waals surface area contributed by atoms with Crippen LogP contribution in [0.2, 0.25) is 0 Å². The maximum Gasteiger partial charge on any atom is 0.0360 e. The Bertz CT molecular complexity index is 165. The van der Waals surface area contributed by atoms with E-state index in [0.29, 0.717) is 5.92 Å². The van der Waals surface area contributed by atoms with Crippen LogP contribution in [0.3, 0.4) is 0 Å². The van der Waals surface area contributed by atoms with Crippen LogP contribution in [-0.2, 0) is 0 Å². The van der Waals surface area contributed by atoms with Crippen molar-refractivity contribution in [1.29, 1.82) is 0 Å². The van der Waals surface area contributed by atoms with Crippen molar-refractivity contribution in [3.05, 3.63) is 11.3 Å². The van der Waals surface area contributed by atoms with Gasteiger partial charge in [0.25, 0.3) is 0 Å². The fourth-order valence-corrected chi connectivity index (χ4v) is 0.983. The van der Waals surface area contributed by atoms with Crippen molar-refractivity contribution in [2.24, 2.45) is 10.9 Å². The van der Waals surface area contributed by atoms with Crippen molar-refractivity contribution in [3.63, 3.8) is 0 Å². The molecule has 1 aliphatic heterocycles. The summed E-state index contributed by atoms with van der Waals surface area (Å²) in [6, 6.07) is 0. The van der Waals surface area contributed by atoms with Crippen molar-refractivity contribution in [1.82, 2.24) is 0 Å². The van der Waals surface area contributed by atoms with Gasteiger partial charge in [-0.05, 0) is 31.8 Å². The average Bonchev–Trinajstić information content (AvgIpc) is 1.83. The fraction of sp³-hybridized carbons (Fsp3) is 0.625. The van der Waals surface area contributed by atoms with Gasteiger partial charge < -0.3 is 0 Å². The van der Waals surface area contributed by atoms with Crippen molar-refractivity contribution in [3.8, 4) is 0 Å². The lowest BCUT2D eigenvalue weighted by Crippen LogP contribution is -2.03. The van der Waals surface area contributed by atoms with E-state index in [-0.39, 0.29) is 0 Å². The van der Waals surface area contributed by atoms with E-state index in [1.165, 1.54) is 11.3 Å². The van der Waals surface area contributed by atoms with Crippen LogP contribution in [-0.4, -0.2) is 6.21 Å². The van der Waals surface area contributed by atoms with Gasteiger partial charge in [0.15, 0.2) is 0 Å². The zero-order valence-electron chi connectivity index (χ0n) is 6.31. The Balaban J connectivity index is 2.83. The monoisotopic (exact) mass is 123 g/mol. The Morgan fingerprint density at radius 3 is 2.67 bits per heavy atom. The molecule has 9 heavy (non-hydrogen) atoms. The Kier molecular flexibility index (Phi) is 1.70. The smallest absolute Gasteiger partial charge is 0.0360 e. The molecule has 0 saturated heterocycles. The second-order valence-corrected chi connectivity index (χ2v) is 2.72. The molecule has 0 aromatic carbocycles. The molecule has 1 unspecified atom stereocenters. The number of hydrogen-bond acceptors (Lipinski definition) is 1. The lowest BCUT2D eigenvalue weighted by atomic mass is 9.96. The first-order chi connectivity index (χ1) is 4.22. The fourth-order valence-electron chi connectivity index (χ4n) is 0.983. The van der Waals surface area contributed by atoms with Gasteiger partial charge in [0.1, 0.15) is 0 Å². The standard InChI is InChI=1S/C8H13N/c1-6-4-5-9-8(3)7(6)2/h5-6H,4H2,1-3H3. The maximum atomic E-state index is 4.22. The van der Waals surface area contributed by atoms with E-state index < -0.39 is 0 Å². The molecule has 1 heterocycles. The van der Waals surface area contributed by atoms with E-state index in [0.717, 1.165) is 6.42 Å². The molecule has 0 radical (unpaired) electrons. The first-order valence-corrected chi connectivity index (χ1v) is 3.41. The minimum atomic E-state index is 0.711. The zero-order valence-corrected chi connectivity index (χ0v) is 6.31. The van der Waals surface area contributed by atoms with E-state index in [2.05, 4.69) is 25.8 Å². The minimum absolute atomic E-state index is 0.711. The van der Waals surface area contributed by atoms with Crippen molar-refractivity contribution in [2.75, 3.05) is 0 Å². The zero-order chi connectivity index (χ0) is 6.85. The predicted octanol–water partition coefficient (Wildman–Crippen LogP) is 2.39. The van der Waals surface area contributed by atoms with Gasteiger partial charge in [0.2, 0.25) is 0 Å². The molecule has 0 N–H and O–H groups in total. The van der Waals surface area contributed by atoms with Crippen LogP contribution >= 0.6 is 0 Å². The van der Waals surface area contributed by atoms with Crippen molar-refractivity contribution >= 4 is 6.21 Å². The Morgan fingerprint density at radius 1 is 1.56 bits per heavy atom. The molecular formula is C8H13N. The topological polar surface area (TPSA) is 12.4 Å². The highest BCUT2D eigenvalue weighted by molar-refractivity contribution is 5.61. The Morgan fingerprint density at radius 2 is 2.22 bits per heavy atom. The summed E-state index contributed by atoms with van der Waals surface area (Å²) in [6.07, 6.45) is 3.12. The summed E-state index contributed by atoms with van der Waals surface area (Å²) >= 11 is 0. The number of aliphatic imine (C=N–C) groups is 1. The summed E-state index contributed by atoms with van der Waals surface area (Å²) in [7, 11) is 0. The average molecular weight is 123 g/mol. The summed E-state index contributed by atoms with van der Waals surface area (Å²) in [5.74, 6) is 0.711. The van der Waals surface area contributed by atoms with Gasteiger partial charge in [0, 0.05) is 11.9 Å². The molecule has 0 aliphatic carbocycles.